The van der Waals surface area contributed by atoms with Gasteiger partial charge in [0.2, 0.25) is 10.0 Å². The largest absolute Gasteiger partial charge is 0.282 e. The van der Waals surface area contributed by atoms with Crippen molar-refractivity contribution in [3.05, 3.63) is 41.3 Å². The molecule has 3 rings (SSSR count). The minimum Gasteiger partial charge on any atom is -0.282 e. The van der Waals surface area contributed by atoms with Gasteiger partial charge in [-0.25, -0.2) is 16.8 Å². The molecule has 0 saturated heterocycles. The van der Waals surface area contributed by atoms with Crippen molar-refractivity contribution in [3.8, 4) is 0 Å². The molecule has 130 valence electrons. The molecule has 0 radical (unpaired) electrons. The molecule has 0 amide bonds. The summed E-state index contributed by atoms with van der Waals surface area (Å²) < 4.78 is 52.9. The minimum absolute atomic E-state index is 0.266. The molecule has 0 atom stereocenters. The number of nitrogens with zero attached hydrogens (tertiary/aromatic N) is 1. The van der Waals surface area contributed by atoms with Crippen LogP contribution in [0.4, 0.5) is 11.4 Å². The number of halogens is 1. The summed E-state index contributed by atoms with van der Waals surface area (Å²) >= 11 is 6.56. The molecule has 2 heterocycles. The van der Waals surface area contributed by atoms with Gasteiger partial charge in [-0.2, -0.15) is 0 Å². The van der Waals surface area contributed by atoms with E-state index in [0.29, 0.717) is 24.3 Å². The fourth-order valence-corrected chi connectivity index (χ4v) is 5.92. The summed E-state index contributed by atoms with van der Waals surface area (Å²) in [6.45, 7) is 0.360. The number of nitrogens with one attached hydrogen (secondary N) is 1. The van der Waals surface area contributed by atoms with Crippen LogP contribution >= 0.6 is 22.9 Å². The van der Waals surface area contributed by atoms with Crippen molar-refractivity contribution in [1.82, 2.24) is 0 Å². The van der Waals surface area contributed by atoms with Crippen LogP contribution < -0.4 is 9.03 Å². The first-order valence-electron chi connectivity index (χ1n) is 7.09. The molecule has 1 aromatic carbocycles. The molecule has 0 aliphatic carbocycles. The molecule has 1 aliphatic rings. The van der Waals surface area contributed by atoms with Crippen LogP contribution in [-0.2, 0) is 26.5 Å². The number of fused-ring (bicyclic) bond motifs is 1. The van der Waals surface area contributed by atoms with E-state index in [2.05, 4.69) is 4.72 Å². The predicted octanol–water partition coefficient (Wildman–Crippen LogP) is 2.83. The number of sulfonamides is 2. The zero-order chi connectivity index (χ0) is 17.4. The zero-order valence-electron chi connectivity index (χ0n) is 12.5. The molecule has 6 nitrogen and oxygen atoms in total. The van der Waals surface area contributed by atoms with Gasteiger partial charge >= 0.3 is 0 Å². The summed E-state index contributed by atoms with van der Waals surface area (Å²) in [6, 6.07) is 8.16. The summed E-state index contributed by atoms with van der Waals surface area (Å²) in [5.74, 6) is 0. The van der Waals surface area contributed by atoms with Crippen LogP contribution in [0.2, 0.25) is 0 Å². The lowest BCUT2D eigenvalue weighted by atomic mass is 10.0. The third-order valence-electron chi connectivity index (χ3n) is 3.62. The quantitative estimate of drug-likeness (QED) is 0.774. The Morgan fingerprint density at radius 2 is 2.00 bits per heavy atom. The molecule has 2 aromatic rings. The topological polar surface area (TPSA) is 83.6 Å². The Balaban J connectivity index is 2.03. The Kier molecular flexibility index (Phi) is 4.78. The van der Waals surface area contributed by atoms with E-state index in [4.69, 9.17) is 11.6 Å². The van der Waals surface area contributed by atoms with E-state index < -0.39 is 25.3 Å². The smallest absolute Gasteiger partial charge is 0.273 e. The number of hydrogen-bond donors (Lipinski definition) is 1. The number of alkyl halides is 1. The Morgan fingerprint density at radius 3 is 2.67 bits per heavy atom. The summed E-state index contributed by atoms with van der Waals surface area (Å²) in [7, 11) is -7.30. The molecular formula is C14H15ClN2O4S3. The van der Waals surface area contributed by atoms with Crippen molar-refractivity contribution in [2.24, 2.45) is 0 Å². The first-order valence-corrected chi connectivity index (χ1v) is 11.6. The van der Waals surface area contributed by atoms with Crippen LogP contribution in [0, 0.1) is 0 Å². The highest BCUT2D eigenvalue weighted by Crippen LogP contribution is 2.35. The van der Waals surface area contributed by atoms with Crippen molar-refractivity contribution in [1.29, 1.82) is 0 Å². The van der Waals surface area contributed by atoms with Gasteiger partial charge in [-0.1, -0.05) is 12.1 Å². The molecule has 24 heavy (non-hydrogen) atoms. The lowest BCUT2D eigenvalue weighted by molar-refractivity contribution is 0.588. The second-order valence-corrected chi connectivity index (χ2v) is 10.6. The van der Waals surface area contributed by atoms with Crippen LogP contribution in [0.25, 0.3) is 0 Å². The highest BCUT2D eigenvalue weighted by Gasteiger charge is 2.30. The summed E-state index contributed by atoms with van der Waals surface area (Å²) in [5, 5.41) is 1.14. The Labute approximate surface area is 150 Å². The fraction of sp³-hybridized carbons (Fsp3) is 0.286. The maximum atomic E-state index is 12.8. The van der Waals surface area contributed by atoms with E-state index in [1.165, 1.54) is 4.31 Å². The second-order valence-electron chi connectivity index (χ2n) is 5.28. The Bertz CT molecular complexity index is 940. The predicted molar refractivity (Wildman–Crippen MR) is 96.9 cm³/mol. The van der Waals surface area contributed by atoms with Crippen molar-refractivity contribution in [2.45, 2.75) is 17.1 Å². The molecule has 1 N–H and O–H groups in total. The summed E-state index contributed by atoms with van der Waals surface area (Å²) in [4.78, 5) is 0. The van der Waals surface area contributed by atoms with Gasteiger partial charge in [-0.15, -0.1) is 22.9 Å². The maximum Gasteiger partial charge on any atom is 0.273 e. The average Bonchev–Trinajstić information content (AvgIpc) is 3.09. The molecule has 0 unspecified atom stereocenters. The number of thiophene rings is 1. The molecule has 10 heteroatoms. The van der Waals surface area contributed by atoms with E-state index in [0.717, 1.165) is 23.3 Å². The van der Waals surface area contributed by atoms with Crippen molar-refractivity contribution in [3.63, 3.8) is 0 Å². The first-order chi connectivity index (χ1) is 11.3. The normalized spacial score (nSPS) is 15.1. The van der Waals surface area contributed by atoms with Crippen LogP contribution in [0.1, 0.15) is 12.0 Å². The molecule has 0 spiro atoms. The van der Waals surface area contributed by atoms with Crippen LogP contribution in [0.3, 0.4) is 0 Å². The molecule has 0 fully saturated rings. The van der Waals surface area contributed by atoms with Crippen molar-refractivity contribution in [2.75, 3.05) is 20.8 Å². The minimum atomic E-state index is -3.65. The monoisotopic (exact) mass is 406 g/mol. The molecule has 0 bridgehead atoms. The highest BCUT2D eigenvalue weighted by atomic mass is 35.5. The van der Waals surface area contributed by atoms with Crippen LogP contribution in [-0.4, -0.2) is 28.6 Å². The van der Waals surface area contributed by atoms with Gasteiger partial charge in [0.1, 0.15) is 9.42 Å². The van der Waals surface area contributed by atoms with Crippen LogP contribution in [0.15, 0.2) is 39.9 Å². The third kappa shape index (κ3) is 3.39. The van der Waals surface area contributed by atoms with Gasteiger partial charge in [0.05, 0.1) is 11.4 Å². The van der Waals surface area contributed by atoms with Crippen LogP contribution in [0.5, 0.6) is 0 Å². The third-order valence-corrected chi connectivity index (χ3v) is 8.50. The van der Waals surface area contributed by atoms with Gasteiger partial charge in [0.25, 0.3) is 10.0 Å². The molecular weight excluding hydrogens is 392 g/mol. The summed E-state index contributed by atoms with van der Waals surface area (Å²) in [5.41, 5.74) is 1.67. The molecule has 1 aromatic heterocycles. The van der Waals surface area contributed by atoms with Crippen molar-refractivity contribution >= 4 is 54.4 Å². The molecule has 1 aliphatic heterocycles. The standard InChI is InChI=1S/C14H15ClN2O4S3/c15-10-23(18,19)16-12-6-5-11-3-1-7-17(13(11)9-12)24(20,21)14-4-2-8-22-14/h2,4-6,8-9,16H,1,3,7,10H2. The number of anilines is 2. The number of aryl methyl sites for hydroxylation is 1. The van der Waals surface area contributed by atoms with E-state index >= 15 is 0 Å². The van der Waals surface area contributed by atoms with Crippen molar-refractivity contribution < 1.29 is 16.8 Å². The number of rotatable bonds is 5. The Hall–Kier alpha value is -1.29. The highest BCUT2D eigenvalue weighted by molar-refractivity contribution is 7.94. The van der Waals surface area contributed by atoms with E-state index in [1.807, 2.05) is 0 Å². The van der Waals surface area contributed by atoms with E-state index in [1.54, 1.807) is 35.7 Å². The first kappa shape index (κ1) is 17.5. The Morgan fingerprint density at radius 1 is 1.21 bits per heavy atom. The summed E-state index contributed by atoms with van der Waals surface area (Å²) in [6.07, 6.45) is 1.46. The molecule has 0 saturated carbocycles. The fourth-order valence-electron chi connectivity index (χ4n) is 2.58. The average molecular weight is 407 g/mol. The van der Waals surface area contributed by atoms with E-state index in [-0.39, 0.29) is 4.21 Å². The lowest BCUT2D eigenvalue weighted by Crippen LogP contribution is -2.35. The SMILES string of the molecule is O=S(=O)(CCl)Nc1ccc2c(c1)N(S(=O)(=O)c1cccs1)CCC2. The number of benzene rings is 1. The second kappa shape index (κ2) is 6.55. The van der Waals surface area contributed by atoms with Gasteiger partial charge in [-0.3, -0.25) is 9.03 Å². The van der Waals surface area contributed by atoms with Gasteiger partial charge in [-0.05, 0) is 42.0 Å². The maximum absolute atomic E-state index is 12.8. The van der Waals surface area contributed by atoms with Gasteiger partial charge < -0.3 is 0 Å². The zero-order valence-corrected chi connectivity index (χ0v) is 15.7. The number of hydrogen-bond acceptors (Lipinski definition) is 5. The lowest BCUT2D eigenvalue weighted by Gasteiger charge is -2.30. The van der Waals surface area contributed by atoms with Gasteiger partial charge in [0, 0.05) is 6.54 Å². The van der Waals surface area contributed by atoms with Gasteiger partial charge in [0.15, 0.2) is 0 Å². The van der Waals surface area contributed by atoms with E-state index in [9.17, 15) is 16.8 Å².